The van der Waals surface area contributed by atoms with E-state index in [0.29, 0.717) is 12.5 Å². The molecule has 1 aromatic carbocycles. The fraction of sp³-hybridized carbons (Fsp3) is 0.500. The zero-order chi connectivity index (χ0) is 12.3. The third-order valence-corrected chi connectivity index (χ3v) is 3.39. The number of rotatable bonds is 4. The molecule has 0 spiro atoms. The van der Waals surface area contributed by atoms with Gasteiger partial charge < -0.3 is 11.1 Å². The highest BCUT2D eigenvalue weighted by atomic mass is 16.1. The van der Waals surface area contributed by atoms with Crippen LogP contribution in [0.2, 0.25) is 0 Å². The van der Waals surface area contributed by atoms with E-state index in [0.717, 1.165) is 31.4 Å². The van der Waals surface area contributed by atoms with Crippen molar-refractivity contribution in [3.63, 3.8) is 0 Å². The quantitative estimate of drug-likeness (QED) is 0.836. The lowest BCUT2D eigenvalue weighted by Gasteiger charge is -2.18. The van der Waals surface area contributed by atoms with Crippen molar-refractivity contribution in [1.82, 2.24) is 0 Å². The molecule has 0 saturated carbocycles. The van der Waals surface area contributed by atoms with Crippen molar-refractivity contribution in [3.8, 4) is 0 Å². The van der Waals surface area contributed by atoms with Crippen molar-refractivity contribution in [1.29, 1.82) is 0 Å². The van der Waals surface area contributed by atoms with Crippen LogP contribution in [0, 0.1) is 0 Å². The fourth-order valence-electron chi connectivity index (χ4n) is 2.15. The van der Waals surface area contributed by atoms with E-state index >= 15 is 0 Å². The molecular formula is C14H20N2O. The van der Waals surface area contributed by atoms with Gasteiger partial charge >= 0.3 is 0 Å². The first kappa shape index (κ1) is 12.1. The average Bonchev–Trinajstić information content (AvgIpc) is 2.35. The summed E-state index contributed by atoms with van der Waals surface area (Å²) in [5.74, 6) is 0.123. The van der Waals surface area contributed by atoms with Gasteiger partial charge in [0.25, 0.3) is 0 Å². The Morgan fingerprint density at radius 2 is 2.24 bits per heavy atom. The molecule has 1 unspecified atom stereocenters. The summed E-state index contributed by atoms with van der Waals surface area (Å²) in [7, 11) is 0. The molecule has 0 radical (unpaired) electrons. The maximum Gasteiger partial charge on any atom is 0.224 e. The lowest BCUT2D eigenvalue weighted by molar-refractivity contribution is -0.116. The molecule has 0 fully saturated rings. The van der Waals surface area contributed by atoms with Gasteiger partial charge in [0.2, 0.25) is 5.91 Å². The highest BCUT2D eigenvalue weighted by Gasteiger charge is 2.14. The Morgan fingerprint density at radius 1 is 1.41 bits per heavy atom. The van der Waals surface area contributed by atoms with Gasteiger partial charge in [-0.05, 0) is 42.9 Å². The van der Waals surface area contributed by atoms with Crippen LogP contribution < -0.4 is 11.1 Å². The number of carbonyl (C=O) groups excluding carboxylic acids is 1. The topological polar surface area (TPSA) is 55.1 Å². The number of hydrogen-bond donors (Lipinski definition) is 2. The van der Waals surface area contributed by atoms with Crippen LogP contribution in [0.3, 0.4) is 0 Å². The number of fused-ring (bicyclic) bond motifs is 1. The number of anilines is 1. The van der Waals surface area contributed by atoms with E-state index in [-0.39, 0.29) is 5.91 Å². The van der Waals surface area contributed by atoms with Crippen LogP contribution in [0.4, 0.5) is 5.69 Å². The van der Waals surface area contributed by atoms with E-state index in [1.54, 1.807) is 0 Å². The highest BCUT2D eigenvalue weighted by molar-refractivity contribution is 5.93. The number of aryl methyl sites for hydroxylation is 2. The SMILES string of the molecule is CCC(N)CCc1ccc2c(c1)CCC(=O)N2. The number of benzene rings is 1. The van der Waals surface area contributed by atoms with E-state index in [4.69, 9.17) is 5.73 Å². The number of nitrogens with two attached hydrogens (primary N) is 1. The van der Waals surface area contributed by atoms with Crippen LogP contribution in [0.5, 0.6) is 0 Å². The minimum absolute atomic E-state index is 0.123. The summed E-state index contributed by atoms with van der Waals surface area (Å²) in [6, 6.07) is 6.61. The Balaban J connectivity index is 2.04. The van der Waals surface area contributed by atoms with Crippen molar-refractivity contribution < 1.29 is 4.79 Å². The van der Waals surface area contributed by atoms with E-state index in [1.165, 1.54) is 11.1 Å². The van der Waals surface area contributed by atoms with Crippen LogP contribution in [0.15, 0.2) is 18.2 Å². The Kier molecular flexibility index (Phi) is 3.79. The molecule has 17 heavy (non-hydrogen) atoms. The van der Waals surface area contributed by atoms with Crippen LogP contribution in [-0.4, -0.2) is 11.9 Å². The number of nitrogens with one attached hydrogen (secondary N) is 1. The highest BCUT2D eigenvalue weighted by Crippen LogP contribution is 2.24. The number of amides is 1. The molecule has 3 nitrogen and oxygen atoms in total. The second-order valence-electron chi connectivity index (χ2n) is 4.75. The van der Waals surface area contributed by atoms with Crippen molar-refractivity contribution in [2.45, 2.75) is 45.1 Å². The van der Waals surface area contributed by atoms with E-state index < -0.39 is 0 Å². The molecule has 0 bridgehead atoms. The first-order valence-corrected chi connectivity index (χ1v) is 6.36. The van der Waals surface area contributed by atoms with Gasteiger partial charge in [0.05, 0.1) is 0 Å². The molecule has 0 saturated heterocycles. The van der Waals surface area contributed by atoms with E-state index in [9.17, 15) is 4.79 Å². The van der Waals surface area contributed by atoms with Crippen LogP contribution in [-0.2, 0) is 17.6 Å². The van der Waals surface area contributed by atoms with Gasteiger partial charge in [-0.3, -0.25) is 4.79 Å². The Bertz CT molecular complexity index is 415. The predicted molar refractivity (Wildman–Crippen MR) is 70.0 cm³/mol. The summed E-state index contributed by atoms with van der Waals surface area (Å²) >= 11 is 0. The minimum Gasteiger partial charge on any atom is -0.328 e. The first-order valence-electron chi connectivity index (χ1n) is 6.36. The standard InChI is InChI=1S/C14H20N2O/c1-2-12(15)6-3-10-4-7-13-11(9-10)5-8-14(17)16-13/h4,7,9,12H,2-3,5-6,8,15H2,1H3,(H,16,17). The first-order chi connectivity index (χ1) is 8.19. The molecule has 92 valence electrons. The van der Waals surface area contributed by atoms with Crippen molar-refractivity contribution in [2.24, 2.45) is 5.73 Å². The van der Waals surface area contributed by atoms with Gasteiger partial charge in [0.15, 0.2) is 0 Å². The maximum atomic E-state index is 11.2. The molecule has 1 aliphatic rings. The monoisotopic (exact) mass is 232 g/mol. The molecule has 1 aromatic rings. The van der Waals surface area contributed by atoms with Gasteiger partial charge in [-0.2, -0.15) is 0 Å². The summed E-state index contributed by atoms with van der Waals surface area (Å²) in [4.78, 5) is 11.2. The molecule has 3 heteroatoms. The number of hydrogen-bond acceptors (Lipinski definition) is 2. The van der Waals surface area contributed by atoms with Gasteiger partial charge in [-0.25, -0.2) is 0 Å². The average molecular weight is 232 g/mol. The van der Waals surface area contributed by atoms with Gasteiger partial charge in [0, 0.05) is 18.2 Å². The zero-order valence-corrected chi connectivity index (χ0v) is 10.3. The zero-order valence-electron chi connectivity index (χ0n) is 10.3. The largest absolute Gasteiger partial charge is 0.328 e. The molecule has 0 aliphatic carbocycles. The maximum absolute atomic E-state index is 11.2. The van der Waals surface area contributed by atoms with Gasteiger partial charge in [0.1, 0.15) is 0 Å². The summed E-state index contributed by atoms with van der Waals surface area (Å²) < 4.78 is 0. The van der Waals surface area contributed by atoms with Crippen molar-refractivity contribution in [3.05, 3.63) is 29.3 Å². The second-order valence-corrected chi connectivity index (χ2v) is 4.75. The van der Waals surface area contributed by atoms with Crippen LogP contribution in [0.1, 0.15) is 37.3 Å². The lowest BCUT2D eigenvalue weighted by atomic mass is 9.97. The van der Waals surface area contributed by atoms with Crippen molar-refractivity contribution >= 4 is 11.6 Å². The molecule has 3 N–H and O–H groups in total. The predicted octanol–water partition coefficient (Wildman–Crippen LogP) is 2.24. The van der Waals surface area contributed by atoms with Gasteiger partial charge in [-0.15, -0.1) is 0 Å². The lowest BCUT2D eigenvalue weighted by Crippen LogP contribution is -2.20. The molecule has 1 atom stereocenters. The third-order valence-electron chi connectivity index (χ3n) is 3.39. The molecule has 1 heterocycles. The molecule has 1 aliphatic heterocycles. The van der Waals surface area contributed by atoms with E-state index in [2.05, 4.69) is 24.4 Å². The second kappa shape index (κ2) is 5.32. The Morgan fingerprint density at radius 3 is 3.00 bits per heavy atom. The van der Waals surface area contributed by atoms with Crippen LogP contribution in [0.25, 0.3) is 0 Å². The molecule has 0 aromatic heterocycles. The van der Waals surface area contributed by atoms with Crippen LogP contribution >= 0.6 is 0 Å². The summed E-state index contributed by atoms with van der Waals surface area (Å²) in [5, 5.41) is 2.90. The number of carbonyl (C=O) groups is 1. The Hall–Kier alpha value is -1.35. The smallest absolute Gasteiger partial charge is 0.224 e. The van der Waals surface area contributed by atoms with Gasteiger partial charge in [-0.1, -0.05) is 19.1 Å². The fourth-order valence-corrected chi connectivity index (χ4v) is 2.15. The summed E-state index contributed by atoms with van der Waals surface area (Å²) in [6.45, 7) is 2.12. The molecule has 2 rings (SSSR count). The van der Waals surface area contributed by atoms with E-state index in [1.807, 2.05) is 6.07 Å². The molecule has 1 amide bonds. The Labute approximate surface area is 102 Å². The summed E-state index contributed by atoms with van der Waals surface area (Å²) in [6.07, 6.45) is 4.54. The summed E-state index contributed by atoms with van der Waals surface area (Å²) in [5.41, 5.74) is 9.48. The van der Waals surface area contributed by atoms with Crippen molar-refractivity contribution in [2.75, 3.05) is 5.32 Å². The minimum atomic E-state index is 0.123. The third kappa shape index (κ3) is 3.07. The normalized spacial score (nSPS) is 16.2. The molecular weight excluding hydrogens is 212 g/mol.